The van der Waals surface area contributed by atoms with E-state index >= 15 is 0 Å². The highest BCUT2D eigenvalue weighted by atomic mass is 15.3. The lowest BCUT2D eigenvalue weighted by Gasteiger charge is -2.20. The van der Waals surface area contributed by atoms with Crippen molar-refractivity contribution in [3.63, 3.8) is 0 Å². The molecule has 0 fully saturated rings. The van der Waals surface area contributed by atoms with Gasteiger partial charge >= 0.3 is 0 Å². The summed E-state index contributed by atoms with van der Waals surface area (Å²) in [6.07, 6.45) is 0. The number of benzene rings is 2. The molecule has 154 valence electrons. The molecule has 4 rings (SSSR count). The molecular weight excluding hydrogens is 368 g/mol. The first-order valence-electron chi connectivity index (χ1n) is 10.5. The summed E-state index contributed by atoms with van der Waals surface area (Å²) in [7, 11) is 0. The van der Waals surface area contributed by atoms with E-state index in [4.69, 9.17) is 10.2 Å². The van der Waals surface area contributed by atoms with Gasteiger partial charge in [-0.15, -0.1) is 0 Å². The van der Waals surface area contributed by atoms with Crippen molar-refractivity contribution in [3.05, 3.63) is 84.2 Å². The van der Waals surface area contributed by atoms with Crippen LogP contribution in [-0.2, 0) is 10.8 Å². The van der Waals surface area contributed by atoms with Crippen LogP contribution < -0.4 is 0 Å². The zero-order valence-electron chi connectivity index (χ0n) is 18.7. The summed E-state index contributed by atoms with van der Waals surface area (Å²) in [6, 6.07) is 25.0. The molecule has 0 atom stereocenters. The number of aromatic nitrogens is 4. The standard InChI is InChI=1S/C26H30N4/c1-25(2,3)23-17-21(27-29(23)19-13-9-7-10-14-19)22-18-24(26(4,5)6)30(28-22)20-15-11-8-12-16-20/h7-18H,1-6H3. The molecular formula is C26H30N4. The van der Waals surface area contributed by atoms with Gasteiger partial charge in [0.1, 0.15) is 11.4 Å². The molecule has 30 heavy (non-hydrogen) atoms. The molecule has 0 aliphatic rings. The minimum atomic E-state index is -0.0457. The van der Waals surface area contributed by atoms with Crippen molar-refractivity contribution in [3.8, 4) is 22.8 Å². The second kappa shape index (κ2) is 7.28. The van der Waals surface area contributed by atoms with Crippen LogP contribution >= 0.6 is 0 Å². The zero-order valence-corrected chi connectivity index (χ0v) is 18.7. The van der Waals surface area contributed by atoms with Crippen LogP contribution in [0.2, 0.25) is 0 Å². The summed E-state index contributed by atoms with van der Waals surface area (Å²) in [5.74, 6) is 0. The average Bonchev–Trinajstić information content (AvgIpc) is 3.34. The molecule has 0 saturated carbocycles. The van der Waals surface area contributed by atoms with Gasteiger partial charge in [-0.05, 0) is 36.4 Å². The van der Waals surface area contributed by atoms with Crippen LogP contribution in [0.25, 0.3) is 22.8 Å². The maximum Gasteiger partial charge on any atom is 0.113 e. The van der Waals surface area contributed by atoms with Crippen LogP contribution in [0.1, 0.15) is 52.9 Å². The van der Waals surface area contributed by atoms with E-state index in [9.17, 15) is 0 Å². The molecule has 0 aliphatic heterocycles. The third-order valence-corrected chi connectivity index (χ3v) is 5.22. The van der Waals surface area contributed by atoms with Gasteiger partial charge in [0.15, 0.2) is 0 Å². The van der Waals surface area contributed by atoms with E-state index in [1.165, 1.54) is 0 Å². The smallest absolute Gasteiger partial charge is 0.113 e. The Labute approximate surface area is 179 Å². The lowest BCUT2D eigenvalue weighted by Crippen LogP contribution is -2.17. The van der Waals surface area contributed by atoms with E-state index < -0.39 is 0 Å². The first-order chi connectivity index (χ1) is 14.1. The third kappa shape index (κ3) is 3.82. The Hall–Kier alpha value is -3.14. The average molecular weight is 399 g/mol. The molecule has 0 unspecified atom stereocenters. The SMILES string of the molecule is CC(C)(C)c1cc(-c2cc(C(C)(C)C)n(-c3ccccc3)n2)nn1-c1ccccc1. The highest BCUT2D eigenvalue weighted by Crippen LogP contribution is 2.33. The Morgan fingerprint density at radius 2 is 0.867 bits per heavy atom. The van der Waals surface area contributed by atoms with E-state index in [-0.39, 0.29) is 10.8 Å². The van der Waals surface area contributed by atoms with Gasteiger partial charge in [0, 0.05) is 10.8 Å². The fraction of sp³-hybridized carbons (Fsp3) is 0.308. The molecule has 0 N–H and O–H groups in total. The molecule has 4 nitrogen and oxygen atoms in total. The lowest BCUT2D eigenvalue weighted by atomic mass is 9.90. The topological polar surface area (TPSA) is 35.6 Å². The Morgan fingerprint density at radius 3 is 1.17 bits per heavy atom. The van der Waals surface area contributed by atoms with E-state index in [0.29, 0.717) is 0 Å². The maximum absolute atomic E-state index is 4.99. The number of nitrogens with zero attached hydrogens (tertiary/aromatic N) is 4. The molecule has 0 amide bonds. The van der Waals surface area contributed by atoms with Crippen molar-refractivity contribution < 1.29 is 0 Å². The summed E-state index contributed by atoms with van der Waals surface area (Å²) in [6.45, 7) is 13.3. The Kier molecular flexibility index (Phi) is 4.89. The van der Waals surface area contributed by atoms with Gasteiger partial charge < -0.3 is 0 Å². The molecule has 4 aromatic rings. The molecule has 2 heterocycles. The summed E-state index contributed by atoms with van der Waals surface area (Å²) in [5, 5.41) is 9.98. The molecule has 2 aromatic carbocycles. The molecule has 0 radical (unpaired) electrons. The van der Waals surface area contributed by atoms with Crippen LogP contribution in [0.3, 0.4) is 0 Å². The van der Waals surface area contributed by atoms with Crippen LogP contribution in [0.5, 0.6) is 0 Å². The number of hydrogen-bond acceptors (Lipinski definition) is 2. The fourth-order valence-electron chi connectivity index (χ4n) is 3.61. The van der Waals surface area contributed by atoms with Crippen LogP contribution in [0.15, 0.2) is 72.8 Å². The minimum Gasteiger partial charge on any atom is -0.237 e. The van der Waals surface area contributed by atoms with Crippen LogP contribution in [-0.4, -0.2) is 19.6 Å². The van der Waals surface area contributed by atoms with Crippen LogP contribution in [0, 0.1) is 0 Å². The number of hydrogen-bond donors (Lipinski definition) is 0. The van der Waals surface area contributed by atoms with Crippen molar-refractivity contribution in [2.75, 3.05) is 0 Å². The van der Waals surface area contributed by atoms with Crippen molar-refractivity contribution in [1.82, 2.24) is 19.6 Å². The fourth-order valence-corrected chi connectivity index (χ4v) is 3.61. The van der Waals surface area contributed by atoms with Crippen molar-refractivity contribution in [2.24, 2.45) is 0 Å². The molecule has 0 saturated heterocycles. The molecule has 4 heteroatoms. The van der Waals surface area contributed by atoms with Crippen molar-refractivity contribution in [1.29, 1.82) is 0 Å². The van der Waals surface area contributed by atoms with Gasteiger partial charge in [-0.3, -0.25) is 0 Å². The van der Waals surface area contributed by atoms with E-state index in [2.05, 4.69) is 77.9 Å². The normalized spacial score (nSPS) is 12.3. The zero-order chi connectivity index (χ0) is 21.5. The Balaban J connectivity index is 1.89. The molecule has 0 aliphatic carbocycles. The molecule has 0 bridgehead atoms. The van der Waals surface area contributed by atoms with E-state index in [1.54, 1.807) is 0 Å². The monoisotopic (exact) mass is 398 g/mol. The highest BCUT2D eigenvalue weighted by Gasteiger charge is 2.26. The summed E-state index contributed by atoms with van der Waals surface area (Å²) < 4.78 is 4.10. The largest absolute Gasteiger partial charge is 0.237 e. The first kappa shape index (κ1) is 20.1. The van der Waals surface area contributed by atoms with Gasteiger partial charge in [-0.2, -0.15) is 10.2 Å². The Bertz CT molecular complexity index is 1040. The second-order valence-electron chi connectivity index (χ2n) is 9.82. The molecule has 2 aromatic heterocycles. The van der Waals surface area contributed by atoms with Gasteiger partial charge in [0.25, 0.3) is 0 Å². The summed E-state index contributed by atoms with van der Waals surface area (Å²) >= 11 is 0. The first-order valence-corrected chi connectivity index (χ1v) is 10.5. The summed E-state index contributed by atoms with van der Waals surface area (Å²) in [5.41, 5.74) is 6.14. The quantitative estimate of drug-likeness (QED) is 0.405. The van der Waals surface area contributed by atoms with E-state index in [0.717, 1.165) is 34.2 Å². The van der Waals surface area contributed by atoms with E-state index in [1.807, 2.05) is 45.8 Å². The Morgan fingerprint density at radius 1 is 0.533 bits per heavy atom. The number of rotatable bonds is 3. The second-order valence-corrected chi connectivity index (χ2v) is 9.82. The minimum absolute atomic E-state index is 0.0457. The predicted octanol–water partition coefficient (Wildman–Crippen LogP) is 6.32. The third-order valence-electron chi connectivity index (χ3n) is 5.22. The number of para-hydroxylation sites is 2. The van der Waals surface area contributed by atoms with Crippen molar-refractivity contribution >= 4 is 0 Å². The van der Waals surface area contributed by atoms with Crippen molar-refractivity contribution in [2.45, 2.75) is 52.4 Å². The van der Waals surface area contributed by atoms with Gasteiger partial charge in [0.2, 0.25) is 0 Å². The van der Waals surface area contributed by atoms with Gasteiger partial charge in [0.05, 0.1) is 22.8 Å². The maximum atomic E-state index is 4.99. The van der Waals surface area contributed by atoms with Gasteiger partial charge in [-0.1, -0.05) is 77.9 Å². The molecule has 0 spiro atoms. The lowest BCUT2D eigenvalue weighted by molar-refractivity contribution is 0.543. The highest BCUT2D eigenvalue weighted by molar-refractivity contribution is 5.58. The summed E-state index contributed by atoms with van der Waals surface area (Å²) in [4.78, 5) is 0. The van der Waals surface area contributed by atoms with Gasteiger partial charge in [-0.25, -0.2) is 9.36 Å². The van der Waals surface area contributed by atoms with Crippen LogP contribution in [0.4, 0.5) is 0 Å². The predicted molar refractivity (Wildman–Crippen MR) is 124 cm³/mol.